The van der Waals surface area contributed by atoms with Crippen LogP contribution in [0.2, 0.25) is 0 Å². The van der Waals surface area contributed by atoms with Gasteiger partial charge in [-0.1, -0.05) is 0 Å². The Labute approximate surface area is 127 Å². The van der Waals surface area contributed by atoms with Gasteiger partial charge in [-0.05, 0) is 57.4 Å². The number of likely N-dealkylation sites (tertiary alicyclic amines) is 1. The van der Waals surface area contributed by atoms with Crippen LogP contribution in [-0.4, -0.2) is 43.4 Å². The number of nitrogens with one attached hydrogen (secondary N) is 1. The third-order valence-corrected chi connectivity index (χ3v) is 5.36. The van der Waals surface area contributed by atoms with Crippen molar-refractivity contribution in [2.24, 2.45) is 23.0 Å². The molecule has 2 rings (SSSR count). The molecule has 2 fully saturated rings. The molecule has 1 atom stereocenters. The van der Waals surface area contributed by atoms with Crippen molar-refractivity contribution in [3.63, 3.8) is 0 Å². The van der Waals surface area contributed by atoms with Crippen LogP contribution >= 0.6 is 0 Å². The summed E-state index contributed by atoms with van der Waals surface area (Å²) in [6, 6.07) is 0. The van der Waals surface area contributed by atoms with Crippen LogP contribution in [0, 0.1) is 17.3 Å². The second kappa shape index (κ2) is 6.77. The van der Waals surface area contributed by atoms with Crippen LogP contribution in [0.5, 0.6) is 0 Å². The summed E-state index contributed by atoms with van der Waals surface area (Å²) in [4.78, 5) is 26.2. The summed E-state index contributed by atoms with van der Waals surface area (Å²) in [5, 5.41) is 2.71. The third-order valence-electron chi connectivity index (χ3n) is 5.36. The van der Waals surface area contributed by atoms with Crippen LogP contribution in [0.1, 0.15) is 45.4 Å². The van der Waals surface area contributed by atoms with E-state index in [1.807, 2.05) is 11.8 Å². The molecule has 0 bridgehead atoms. The average Bonchev–Trinajstić information content (AvgIpc) is 2.91. The molecule has 3 N–H and O–H groups in total. The highest BCUT2D eigenvalue weighted by molar-refractivity contribution is 5.84. The van der Waals surface area contributed by atoms with Crippen molar-refractivity contribution < 1.29 is 9.59 Å². The van der Waals surface area contributed by atoms with Crippen molar-refractivity contribution in [3.8, 4) is 0 Å². The lowest BCUT2D eigenvalue weighted by Gasteiger charge is -2.29. The zero-order valence-corrected chi connectivity index (χ0v) is 13.4. The summed E-state index contributed by atoms with van der Waals surface area (Å²) >= 11 is 0. The second-order valence-corrected chi connectivity index (χ2v) is 7.03. The molecule has 5 heteroatoms. The van der Waals surface area contributed by atoms with Crippen molar-refractivity contribution in [3.05, 3.63) is 0 Å². The standard InChI is InChI=1S/C16H29N3O2/c1-16(15(21)18-2)7-8-19(11-16)14(20)9-12-3-5-13(10-17)6-4-12/h12-13H,3-11,17H2,1-2H3,(H,18,21). The monoisotopic (exact) mass is 295 g/mol. The van der Waals surface area contributed by atoms with Gasteiger partial charge in [0.05, 0.1) is 5.41 Å². The van der Waals surface area contributed by atoms with Crippen molar-refractivity contribution in [2.45, 2.75) is 45.4 Å². The highest BCUT2D eigenvalue weighted by Crippen LogP contribution is 2.33. The molecule has 1 saturated carbocycles. The van der Waals surface area contributed by atoms with Crippen molar-refractivity contribution >= 4 is 11.8 Å². The first-order chi connectivity index (χ1) is 9.98. The predicted molar refractivity (Wildman–Crippen MR) is 82.5 cm³/mol. The summed E-state index contributed by atoms with van der Waals surface area (Å²) in [5.74, 6) is 1.42. The highest BCUT2D eigenvalue weighted by atomic mass is 16.2. The lowest BCUT2D eigenvalue weighted by Crippen LogP contribution is -2.40. The van der Waals surface area contributed by atoms with E-state index in [4.69, 9.17) is 5.73 Å². The lowest BCUT2D eigenvalue weighted by molar-refractivity contribution is -0.133. The van der Waals surface area contributed by atoms with Gasteiger partial charge in [-0.15, -0.1) is 0 Å². The zero-order chi connectivity index (χ0) is 15.5. The Bertz CT molecular complexity index is 391. The number of nitrogens with zero attached hydrogens (tertiary/aromatic N) is 1. The van der Waals surface area contributed by atoms with Crippen molar-refractivity contribution in [1.29, 1.82) is 0 Å². The molecule has 1 unspecified atom stereocenters. The molecule has 1 aliphatic carbocycles. The molecular weight excluding hydrogens is 266 g/mol. The Balaban J connectivity index is 1.81. The molecule has 5 nitrogen and oxygen atoms in total. The van der Waals surface area contributed by atoms with Gasteiger partial charge in [0.15, 0.2) is 0 Å². The first kappa shape index (κ1) is 16.3. The van der Waals surface area contributed by atoms with E-state index in [-0.39, 0.29) is 11.8 Å². The predicted octanol–water partition coefficient (Wildman–Crippen LogP) is 1.13. The van der Waals surface area contributed by atoms with Crippen LogP contribution in [-0.2, 0) is 9.59 Å². The quantitative estimate of drug-likeness (QED) is 0.816. The minimum Gasteiger partial charge on any atom is -0.359 e. The summed E-state index contributed by atoms with van der Waals surface area (Å²) in [5.41, 5.74) is 5.29. The van der Waals surface area contributed by atoms with Gasteiger partial charge in [0.1, 0.15) is 0 Å². The van der Waals surface area contributed by atoms with Gasteiger partial charge in [0.25, 0.3) is 0 Å². The van der Waals surface area contributed by atoms with Gasteiger partial charge >= 0.3 is 0 Å². The van der Waals surface area contributed by atoms with E-state index in [1.165, 1.54) is 0 Å². The van der Waals surface area contributed by atoms with Crippen molar-refractivity contribution in [1.82, 2.24) is 10.2 Å². The van der Waals surface area contributed by atoms with E-state index in [2.05, 4.69) is 5.32 Å². The van der Waals surface area contributed by atoms with Crippen LogP contribution in [0.3, 0.4) is 0 Å². The van der Waals surface area contributed by atoms with Crippen LogP contribution < -0.4 is 11.1 Å². The maximum Gasteiger partial charge on any atom is 0.227 e. The van der Waals surface area contributed by atoms with Crippen molar-refractivity contribution in [2.75, 3.05) is 26.7 Å². The molecule has 0 radical (unpaired) electrons. The maximum absolute atomic E-state index is 12.4. The third kappa shape index (κ3) is 3.76. The molecule has 1 saturated heterocycles. The number of nitrogens with two attached hydrogens (primary N) is 1. The van der Waals surface area contributed by atoms with Gasteiger partial charge in [-0.25, -0.2) is 0 Å². The summed E-state index contributed by atoms with van der Waals surface area (Å²) in [6.07, 6.45) is 5.95. The Morgan fingerprint density at radius 3 is 2.43 bits per heavy atom. The number of rotatable bonds is 4. The molecule has 120 valence electrons. The van der Waals surface area contributed by atoms with Gasteiger partial charge in [0, 0.05) is 26.6 Å². The highest BCUT2D eigenvalue weighted by Gasteiger charge is 2.41. The number of carbonyl (C=O) groups excluding carboxylic acids is 2. The summed E-state index contributed by atoms with van der Waals surface area (Å²) < 4.78 is 0. The Hall–Kier alpha value is -1.10. The molecule has 0 aromatic rings. The molecule has 1 aliphatic heterocycles. The molecule has 0 spiro atoms. The number of hydrogen-bond donors (Lipinski definition) is 2. The fourth-order valence-corrected chi connectivity index (χ4v) is 3.71. The maximum atomic E-state index is 12.4. The molecule has 2 aliphatic rings. The van der Waals surface area contributed by atoms with Gasteiger partial charge in [-0.3, -0.25) is 9.59 Å². The molecular formula is C16H29N3O2. The topological polar surface area (TPSA) is 75.4 Å². The van der Waals surface area contributed by atoms with E-state index < -0.39 is 5.41 Å². The molecule has 0 aromatic carbocycles. The molecule has 2 amide bonds. The zero-order valence-electron chi connectivity index (χ0n) is 13.4. The normalized spacial score (nSPS) is 33.0. The molecule has 0 aromatic heterocycles. The fraction of sp³-hybridized carbons (Fsp3) is 0.875. The number of hydrogen-bond acceptors (Lipinski definition) is 3. The van der Waals surface area contributed by atoms with E-state index >= 15 is 0 Å². The number of amides is 2. The smallest absolute Gasteiger partial charge is 0.227 e. The lowest BCUT2D eigenvalue weighted by atomic mass is 9.80. The SMILES string of the molecule is CNC(=O)C1(C)CCN(C(=O)CC2CCC(CN)CC2)C1. The number of carbonyl (C=O) groups is 2. The van der Waals surface area contributed by atoms with E-state index in [9.17, 15) is 9.59 Å². The van der Waals surface area contributed by atoms with Crippen LogP contribution in [0.4, 0.5) is 0 Å². The average molecular weight is 295 g/mol. The molecule has 21 heavy (non-hydrogen) atoms. The largest absolute Gasteiger partial charge is 0.359 e. The first-order valence-electron chi connectivity index (χ1n) is 8.18. The van der Waals surface area contributed by atoms with Gasteiger partial charge in [0.2, 0.25) is 11.8 Å². The van der Waals surface area contributed by atoms with E-state index in [1.54, 1.807) is 7.05 Å². The Morgan fingerprint density at radius 1 is 1.24 bits per heavy atom. The second-order valence-electron chi connectivity index (χ2n) is 7.03. The Morgan fingerprint density at radius 2 is 1.86 bits per heavy atom. The van der Waals surface area contributed by atoms with E-state index in [0.717, 1.165) is 38.6 Å². The minimum atomic E-state index is -0.415. The first-order valence-corrected chi connectivity index (χ1v) is 8.18. The summed E-state index contributed by atoms with van der Waals surface area (Å²) in [6.45, 7) is 3.99. The Kier molecular flexibility index (Phi) is 5.25. The summed E-state index contributed by atoms with van der Waals surface area (Å²) in [7, 11) is 1.66. The van der Waals surface area contributed by atoms with Crippen LogP contribution in [0.15, 0.2) is 0 Å². The minimum absolute atomic E-state index is 0.0428. The van der Waals surface area contributed by atoms with Gasteiger partial charge in [-0.2, -0.15) is 0 Å². The molecule has 1 heterocycles. The van der Waals surface area contributed by atoms with Gasteiger partial charge < -0.3 is 16.0 Å². The van der Waals surface area contributed by atoms with E-state index in [0.29, 0.717) is 31.3 Å². The van der Waals surface area contributed by atoms with Crippen LogP contribution in [0.25, 0.3) is 0 Å². The fourth-order valence-electron chi connectivity index (χ4n) is 3.71.